The zero-order chi connectivity index (χ0) is 19.6. The monoisotopic (exact) mass is 377 g/mol. The molecule has 1 saturated heterocycles. The Bertz CT molecular complexity index is 808. The van der Waals surface area contributed by atoms with Gasteiger partial charge < -0.3 is 14.4 Å². The normalized spacial score (nSPS) is 18.0. The Balaban J connectivity index is 1.88. The summed E-state index contributed by atoms with van der Waals surface area (Å²) in [5.41, 5.74) is 1.22. The third-order valence-electron chi connectivity index (χ3n) is 4.43. The summed E-state index contributed by atoms with van der Waals surface area (Å²) in [5.74, 6) is -0.199. The summed E-state index contributed by atoms with van der Waals surface area (Å²) in [6.45, 7) is 8.21. The fraction of sp³-hybridized carbons (Fsp3) is 0.500. The first kappa shape index (κ1) is 19.6. The largest absolute Gasteiger partial charge is 0.378 e. The van der Waals surface area contributed by atoms with Crippen LogP contribution in [0.25, 0.3) is 0 Å². The van der Waals surface area contributed by atoms with Gasteiger partial charge in [-0.05, 0) is 17.7 Å². The van der Waals surface area contributed by atoms with E-state index in [0.29, 0.717) is 31.9 Å². The van der Waals surface area contributed by atoms with E-state index < -0.39 is 11.6 Å². The number of methoxy groups -OCH3 is 1. The Labute approximate surface area is 158 Å². The maximum atomic E-state index is 13.6. The molecule has 0 amide bonds. The zero-order valence-electron chi connectivity index (χ0n) is 16.1. The molecule has 1 unspecified atom stereocenters. The molecule has 1 fully saturated rings. The Morgan fingerprint density at radius 1 is 1.19 bits per heavy atom. The van der Waals surface area contributed by atoms with Gasteiger partial charge in [-0.25, -0.2) is 18.7 Å². The van der Waals surface area contributed by atoms with E-state index in [9.17, 15) is 8.78 Å². The maximum Gasteiger partial charge on any atom is 0.159 e. The molecule has 1 aliphatic heterocycles. The van der Waals surface area contributed by atoms with Crippen LogP contribution in [0.5, 0.6) is 0 Å². The average Bonchev–Trinajstić information content (AvgIpc) is 2.63. The lowest BCUT2D eigenvalue weighted by Crippen LogP contribution is -2.39. The first-order valence-electron chi connectivity index (χ1n) is 8.97. The Morgan fingerprint density at radius 2 is 1.96 bits per heavy atom. The van der Waals surface area contributed by atoms with Crippen molar-refractivity contribution in [2.24, 2.45) is 0 Å². The van der Waals surface area contributed by atoms with Crippen molar-refractivity contribution in [3.8, 4) is 0 Å². The number of aromatic nitrogens is 2. The lowest BCUT2D eigenvalue weighted by Gasteiger charge is -2.34. The van der Waals surface area contributed by atoms with Crippen molar-refractivity contribution in [2.45, 2.75) is 38.9 Å². The molecule has 7 heteroatoms. The molecule has 1 aromatic carbocycles. The number of morpholine rings is 1. The maximum absolute atomic E-state index is 13.6. The van der Waals surface area contributed by atoms with Gasteiger partial charge in [0.25, 0.3) is 0 Å². The minimum absolute atomic E-state index is 0.204. The summed E-state index contributed by atoms with van der Waals surface area (Å²) < 4.78 is 37.9. The van der Waals surface area contributed by atoms with Gasteiger partial charge in [-0.2, -0.15) is 0 Å². The Kier molecular flexibility index (Phi) is 5.72. The van der Waals surface area contributed by atoms with Crippen LogP contribution in [0.4, 0.5) is 14.6 Å². The highest BCUT2D eigenvalue weighted by molar-refractivity contribution is 5.42. The smallest absolute Gasteiger partial charge is 0.159 e. The molecule has 0 saturated carbocycles. The van der Waals surface area contributed by atoms with Crippen LogP contribution in [-0.4, -0.2) is 36.8 Å². The van der Waals surface area contributed by atoms with Gasteiger partial charge in [0.1, 0.15) is 17.7 Å². The molecule has 2 aromatic rings. The van der Waals surface area contributed by atoms with Crippen LogP contribution in [0.2, 0.25) is 0 Å². The summed E-state index contributed by atoms with van der Waals surface area (Å²) >= 11 is 0. The van der Waals surface area contributed by atoms with Crippen molar-refractivity contribution in [1.82, 2.24) is 9.97 Å². The molecule has 0 spiro atoms. The highest BCUT2D eigenvalue weighted by Gasteiger charge is 2.26. The van der Waals surface area contributed by atoms with E-state index in [0.717, 1.165) is 23.4 Å². The second kappa shape index (κ2) is 7.86. The molecule has 1 atom stereocenters. The number of rotatable bonds is 4. The molecule has 0 N–H and O–H groups in total. The number of hydrogen-bond acceptors (Lipinski definition) is 5. The van der Waals surface area contributed by atoms with E-state index in [4.69, 9.17) is 14.5 Å². The van der Waals surface area contributed by atoms with Crippen LogP contribution in [0.1, 0.15) is 44.0 Å². The van der Waals surface area contributed by atoms with E-state index in [1.54, 1.807) is 13.2 Å². The van der Waals surface area contributed by atoms with Gasteiger partial charge in [0.15, 0.2) is 11.6 Å². The lowest BCUT2D eigenvalue weighted by molar-refractivity contribution is 0.0392. The molecule has 3 rings (SSSR count). The molecule has 1 aliphatic rings. The van der Waals surface area contributed by atoms with Crippen molar-refractivity contribution in [3.05, 3.63) is 53.0 Å². The predicted octanol–water partition coefficient (Wildman–Crippen LogP) is 3.78. The van der Waals surface area contributed by atoms with Crippen molar-refractivity contribution < 1.29 is 18.3 Å². The summed E-state index contributed by atoms with van der Waals surface area (Å²) in [7, 11) is 1.63. The lowest BCUT2D eigenvalue weighted by atomic mass is 9.95. The van der Waals surface area contributed by atoms with Crippen molar-refractivity contribution >= 4 is 5.82 Å². The Hall–Kier alpha value is -2.12. The molecule has 2 heterocycles. The SMILES string of the molecule is COCc1cc(N2CCOC(c3ccc(F)c(F)c3)C2)nc(C(C)(C)C)n1. The fourth-order valence-electron chi connectivity index (χ4n) is 2.97. The number of hydrogen-bond donors (Lipinski definition) is 0. The van der Waals surface area contributed by atoms with Crippen LogP contribution >= 0.6 is 0 Å². The second-order valence-corrected chi connectivity index (χ2v) is 7.70. The van der Waals surface area contributed by atoms with E-state index >= 15 is 0 Å². The topological polar surface area (TPSA) is 47.5 Å². The molecule has 0 bridgehead atoms. The van der Waals surface area contributed by atoms with Crippen LogP contribution in [0.15, 0.2) is 24.3 Å². The van der Waals surface area contributed by atoms with Gasteiger partial charge in [0.05, 0.1) is 18.9 Å². The first-order valence-corrected chi connectivity index (χ1v) is 8.97. The molecule has 0 aliphatic carbocycles. The van der Waals surface area contributed by atoms with Crippen molar-refractivity contribution in [3.63, 3.8) is 0 Å². The first-order chi connectivity index (χ1) is 12.8. The summed E-state index contributed by atoms with van der Waals surface area (Å²) in [5, 5.41) is 0. The average molecular weight is 377 g/mol. The van der Waals surface area contributed by atoms with Crippen LogP contribution in [0, 0.1) is 11.6 Å². The van der Waals surface area contributed by atoms with E-state index in [-0.39, 0.29) is 11.5 Å². The Morgan fingerprint density at radius 3 is 2.63 bits per heavy atom. The number of halogens is 2. The fourth-order valence-corrected chi connectivity index (χ4v) is 2.97. The van der Waals surface area contributed by atoms with Crippen molar-refractivity contribution in [1.29, 1.82) is 0 Å². The van der Waals surface area contributed by atoms with E-state index in [2.05, 4.69) is 30.7 Å². The van der Waals surface area contributed by atoms with Gasteiger partial charge in [0.2, 0.25) is 0 Å². The minimum Gasteiger partial charge on any atom is -0.378 e. The second-order valence-electron chi connectivity index (χ2n) is 7.70. The molecular weight excluding hydrogens is 352 g/mol. The van der Waals surface area contributed by atoms with Gasteiger partial charge in [-0.3, -0.25) is 0 Å². The van der Waals surface area contributed by atoms with Crippen molar-refractivity contribution in [2.75, 3.05) is 31.7 Å². The van der Waals surface area contributed by atoms with E-state index in [1.165, 1.54) is 6.07 Å². The van der Waals surface area contributed by atoms with Crippen LogP contribution in [-0.2, 0) is 21.5 Å². The van der Waals surface area contributed by atoms with Gasteiger partial charge in [-0.1, -0.05) is 26.8 Å². The van der Waals surface area contributed by atoms with E-state index in [1.807, 2.05) is 6.07 Å². The summed E-state index contributed by atoms with van der Waals surface area (Å²) in [6, 6.07) is 5.79. The van der Waals surface area contributed by atoms with Gasteiger partial charge in [-0.15, -0.1) is 0 Å². The zero-order valence-corrected chi connectivity index (χ0v) is 16.1. The molecular formula is C20H25F2N3O2. The van der Waals surface area contributed by atoms with Gasteiger partial charge >= 0.3 is 0 Å². The van der Waals surface area contributed by atoms with Crippen LogP contribution in [0.3, 0.4) is 0 Å². The molecule has 27 heavy (non-hydrogen) atoms. The highest BCUT2D eigenvalue weighted by atomic mass is 19.2. The number of ether oxygens (including phenoxy) is 2. The molecule has 1 aromatic heterocycles. The third-order valence-corrected chi connectivity index (χ3v) is 4.43. The highest BCUT2D eigenvalue weighted by Crippen LogP contribution is 2.28. The quantitative estimate of drug-likeness (QED) is 0.812. The minimum atomic E-state index is -0.868. The number of anilines is 1. The summed E-state index contributed by atoms with van der Waals surface area (Å²) in [6.07, 6.45) is -0.354. The molecule has 5 nitrogen and oxygen atoms in total. The number of nitrogens with zero attached hydrogens (tertiary/aromatic N) is 3. The molecule has 146 valence electrons. The molecule has 0 radical (unpaired) electrons. The van der Waals surface area contributed by atoms with Crippen LogP contribution < -0.4 is 4.90 Å². The standard InChI is InChI=1S/C20H25F2N3O2/c1-20(2,3)19-23-14(12-26-4)10-18(24-19)25-7-8-27-17(11-25)13-5-6-15(21)16(22)9-13/h5-6,9-10,17H,7-8,11-12H2,1-4H3. The summed E-state index contributed by atoms with van der Waals surface area (Å²) in [4.78, 5) is 11.4. The number of benzene rings is 1. The predicted molar refractivity (Wildman–Crippen MR) is 98.7 cm³/mol. The third kappa shape index (κ3) is 4.59. The van der Waals surface area contributed by atoms with Gasteiger partial charge in [0, 0.05) is 31.7 Å².